The summed E-state index contributed by atoms with van der Waals surface area (Å²) in [7, 11) is -2.01. The summed E-state index contributed by atoms with van der Waals surface area (Å²) in [6.45, 7) is 0.567. The Bertz CT molecular complexity index is 953. The molecule has 6 nitrogen and oxygen atoms in total. The van der Waals surface area contributed by atoms with Crippen LogP contribution in [-0.2, 0) is 28.9 Å². The quantitative estimate of drug-likeness (QED) is 0.664. The van der Waals surface area contributed by atoms with Crippen LogP contribution in [0.2, 0.25) is 0 Å². The van der Waals surface area contributed by atoms with Crippen LogP contribution in [0.25, 0.3) is 0 Å². The van der Waals surface area contributed by atoms with Crippen molar-refractivity contribution in [1.82, 2.24) is 14.9 Å². The minimum atomic E-state index is -3.37. The minimum Gasteiger partial charge on any atom is -0.334 e. The fourth-order valence-electron chi connectivity index (χ4n) is 2.53. The molecule has 0 fully saturated rings. The number of terminal acetylenes is 1. The van der Waals surface area contributed by atoms with E-state index < -0.39 is 10.0 Å². The van der Waals surface area contributed by atoms with Crippen molar-refractivity contribution in [1.29, 1.82) is 0 Å². The van der Waals surface area contributed by atoms with Gasteiger partial charge in [-0.15, -0.1) is 6.42 Å². The van der Waals surface area contributed by atoms with Crippen molar-refractivity contribution >= 4 is 16.1 Å². The van der Waals surface area contributed by atoms with E-state index in [9.17, 15) is 17.6 Å². The lowest BCUT2D eigenvalue weighted by Crippen LogP contribution is -2.39. The highest BCUT2D eigenvalue weighted by Crippen LogP contribution is 2.10. The fraction of sp³-hybridized carbons (Fsp3) is 0.250. The van der Waals surface area contributed by atoms with E-state index in [2.05, 4.69) is 16.0 Å². The van der Waals surface area contributed by atoms with Gasteiger partial charge in [0, 0.05) is 13.1 Å². The molecule has 0 aliphatic carbocycles. The average Bonchev–Trinajstić information content (AvgIpc) is 2.67. The molecule has 0 saturated carbocycles. The summed E-state index contributed by atoms with van der Waals surface area (Å²) in [4.78, 5) is 13.9. The van der Waals surface area contributed by atoms with Gasteiger partial charge in [0.2, 0.25) is 10.0 Å². The van der Waals surface area contributed by atoms with E-state index in [0.717, 1.165) is 11.1 Å². The molecule has 28 heavy (non-hydrogen) atoms. The average molecular weight is 403 g/mol. The summed E-state index contributed by atoms with van der Waals surface area (Å²) in [6.07, 6.45) is 5.35. The molecule has 0 heterocycles. The van der Waals surface area contributed by atoms with E-state index in [1.165, 1.54) is 24.1 Å². The standard InChI is InChI=1S/C20H22FN3O3S/c1-3-11-24(14-16-7-9-19(21)10-8-16)20(25)23-13-17-5-4-6-18(12-17)15-28(26,27)22-2/h1,4-10,12,22H,11,13-15H2,2H3,(H,23,25). The van der Waals surface area contributed by atoms with Crippen molar-refractivity contribution in [2.45, 2.75) is 18.8 Å². The van der Waals surface area contributed by atoms with Gasteiger partial charge in [0.1, 0.15) is 5.82 Å². The largest absolute Gasteiger partial charge is 0.334 e. The molecule has 2 rings (SSSR count). The Hall–Kier alpha value is -2.89. The van der Waals surface area contributed by atoms with Crippen LogP contribution >= 0.6 is 0 Å². The highest BCUT2D eigenvalue weighted by molar-refractivity contribution is 7.88. The van der Waals surface area contributed by atoms with Crippen LogP contribution in [0.3, 0.4) is 0 Å². The fourth-order valence-corrected chi connectivity index (χ4v) is 3.29. The predicted molar refractivity (Wildman–Crippen MR) is 106 cm³/mol. The second-order valence-corrected chi connectivity index (χ2v) is 8.05. The summed E-state index contributed by atoms with van der Waals surface area (Å²) in [5.41, 5.74) is 2.14. The van der Waals surface area contributed by atoms with Crippen molar-refractivity contribution in [2.75, 3.05) is 13.6 Å². The number of sulfonamides is 1. The molecule has 0 radical (unpaired) electrons. The van der Waals surface area contributed by atoms with Gasteiger partial charge in [0.25, 0.3) is 0 Å². The van der Waals surface area contributed by atoms with Gasteiger partial charge in [0.15, 0.2) is 0 Å². The Labute approximate surface area is 164 Å². The summed E-state index contributed by atoms with van der Waals surface area (Å²) >= 11 is 0. The van der Waals surface area contributed by atoms with E-state index in [1.807, 2.05) is 0 Å². The monoisotopic (exact) mass is 403 g/mol. The number of hydrogen-bond donors (Lipinski definition) is 2. The van der Waals surface area contributed by atoms with Crippen molar-refractivity contribution < 1.29 is 17.6 Å². The van der Waals surface area contributed by atoms with Crippen LogP contribution in [0, 0.1) is 18.2 Å². The molecule has 0 bridgehead atoms. The number of carbonyl (C=O) groups excluding carboxylic acids is 1. The summed E-state index contributed by atoms with van der Waals surface area (Å²) in [5.74, 6) is 1.95. The topological polar surface area (TPSA) is 78.5 Å². The minimum absolute atomic E-state index is 0.101. The highest BCUT2D eigenvalue weighted by atomic mass is 32.2. The summed E-state index contributed by atoms with van der Waals surface area (Å²) < 4.78 is 38.6. The number of nitrogens with one attached hydrogen (secondary N) is 2. The van der Waals surface area contributed by atoms with E-state index in [0.29, 0.717) is 5.56 Å². The molecule has 2 N–H and O–H groups in total. The third-order valence-corrected chi connectivity index (χ3v) is 5.29. The van der Waals surface area contributed by atoms with Crippen LogP contribution in [0.5, 0.6) is 0 Å². The zero-order valence-electron chi connectivity index (χ0n) is 15.5. The van der Waals surface area contributed by atoms with Crippen LogP contribution in [0.15, 0.2) is 48.5 Å². The number of carbonyl (C=O) groups is 1. The molecule has 2 amide bonds. The van der Waals surface area contributed by atoms with Crippen molar-refractivity contribution in [3.05, 3.63) is 71.0 Å². The van der Waals surface area contributed by atoms with Crippen LogP contribution in [0.4, 0.5) is 9.18 Å². The SMILES string of the molecule is C#CCN(Cc1ccc(F)cc1)C(=O)NCc1cccc(CS(=O)(=O)NC)c1. The van der Waals surface area contributed by atoms with Gasteiger partial charge < -0.3 is 10.2 Å². The molecule has 2 aromatic rings. The zero-order valence-corrected chi connectivity index (χ0v) is 16.3. The molecule has 0 unspecified atom stereocenters. The van der Waals surface area contributed by atoms with Gasteiger partial charge in [-0.3, -0.25) is 0 Å². The second kappa shape index (κ2) is 9.88. The molecule has 2 aromatic carbocycles. The lowest BCUT2D eigenvalue weighted by atomic mass is 10.1. The first-order valence-corrected chi connectivity index (χ1v) is 10.2. The third kappa shape index (κ3) is 6.68. The van der Waals surface area contributed by atoms with Gasteiger partial charge >= 0.3 is 6.03 Å². The number of halogens is 1. The molecular formula is C20H22FN3O3S. The molecule has 0 saturated heterocycles. The van der Waals surface area contributed by atoms with Gasteiger partial charge in [-0.1, -0.05) is 42.3 Å². The van der Waals surface area contributed by atoms with Crippen molar-refractivity contribution in [2.24, 2.45) is 0 Å². The van der Waals surface area contributed by atoms with Crippen LogP contribution in [-0.4, -0.2) is 32.9 Å². The van der Waals surface area contributed by atoms with Crippen molar-refractivity contribution in [3.63, 3.8) is 0 Å². The predicted octanol–water partition coefficient (Wildman–Crippen LogP) is 2.22. The molecule has 0 spiro atoms. The molecule has 0 aromatic heterocycles. The van der Waals surface area contributed by atoms with E-state index in [1.54, 1.807) is 36.4 Å². The van der Waals surface area contributed by atoms with Gasteiger partial charge in [-0.2, -0.15) is 0 Å². The molecule has 8 heteroatoms. The first kappa shape index (κ1) is 21.4. The first-order valence-electron chi connectivity index (χ1n) is 8.52. The van der Waals surface area contributed by atoms with Crippen LogP contribution in [0.1, 0.15) is 16.7 Å². The number of hydrogen-bond acceptors (Lipinski definition) is 3. The number of urea groups is 1. The maximum atomic E-state index is 13.0. The Morgan fingerprint density at radius 3 is 2.46 bits per heavy atom. The Balaban J connectivity index is 2.00. The second-order valence-electron chi connectivity index (χ2n) is 6.13. The molecule has 0 atom stereocenters. The molecule has 0 aliphatic rings. The Kier molecular flexibility index (Phi) is 7.55. The summed E-state index contributed by atoms with van der Waals surface area (Å²) in [5, 5.41) is 2.77. The molecule has 148 valence electrons. The van der Waals surface area contributed by atoms with Gasteiger partial charge in [0.05, 0.1) is 12.3 Å². The smallest absolute Gasteiger partial charge is 0.318 e. The number of nitrogens with zero attached hydrogens (tertiary/aromatic N) is 1. The zero-order chi connectivity index (χ0) is 20.6. The third-order valence-electron chi connectivity index (χ3n) is 3.96. The lowest BCUT2D eigenvalue weighted by molar-refractivity contribution is 0.201. The van der Waals surface area contributed by atoms with Gasteiger partial charge in [-0.25, -0.2) is 22.3 Å². The normalized spacial score (nSPS) is 10.9. The molecule has 0 aliphatic heterocycles. The van der Waals surface area contributed by atoms with E-state index in [-0.39, 0.29) is 37.2 Å². The van der Waals surface area contributed by atoms with E-state index >= 15 is 0 Å². The Morgan fingerprint density at radius 2 is 1.82 bits per heavy atom. The Morgan fingerprint density at radius 1 is 1.14 bits per heavy atom. The molecular weight excluding hydrogens is 381 g/mol. The maximum Gasteiger partial charge on any atom is 0.318 e. The maximum absolute atomic E-state index is 13.0. The number of benzene rings is 2. The van der Waals surface area contributed by atoms with Crippen molar-refractivity contribution in [3.8, 4) is 12.3 Å². The number of rotatable bonds is 8. The van der Waals surface area contributed by atoms with Crippen LogP contribution < -0.4 is 10.0 Å². The van der Waals surface area contributed by atoms with Gasteiger partial charge in [-0.05, 0) is 35.9 Å². The summed E-state index contributed by atoms with van der Waals surface area (Å²) in [6, 6.07) is 12.4. The lowest BCUT2D eigenvalue weighted by Gasteiger charge is -2.21. The highest BCUT2D eigenvalue weighted by Gasteiger charge is 2.13. The number of amides is 2. The van der Waals surface area contributed by atoms with E-state index in [4.69, 9.17) is 6.42 Å². The first-order chi connectivity index (χ1) is 13.3.